The van der Waals surface area contributed by atoms with E-state index in [-0.39, 0.29) is 5.91 Å². The lowest BCUT2D eigenvalue weighted by Gasteiger charge is -2.35. The quantitative estimate of drug-likeness (QED) is 0.791. The Morgan fingerprint density at radius 1 is 1.11 bits per heavy atom. The first-order valence-corrected chi connectivity index (χ1v) is 10.4. The van der Waals surface area contributed by atoms with Crippen molar-refractivity contribution in [2.24, 2.45) is 5.92 Å². The van der Waals surface area contributed by atoms with Gasteiger partial charge < -0.3 is 14.7 Å². The van der Waals surface area contributed by atoms with E-state index in [1.54, 1.807) is 6.20 Å². The molecule has 2 atom stereocenters. The number of hydrogen-bond acceptors (Lipinski definition) is 6. The van der Waals surface area contributed by atoms with Gasteiger partial charge in [0.2, 0.25) is 0 Å². The van der Waals surface area contributed by atoms with Crippen molar-refractivity contribution in [3.63, 3.8) is 0 Å². The van der Waals surface area contributed by atoms with Crippen LogP contribution in [-0.4, -0.2) is 96.0 Å². The number of hydrogen-bond donors (Lipinski definition) is 0. The van der Waals surface area contributed by atoms with Gasteiger partial charge in [0.1, 0.15) is 11.5 Å². The number of fused-ring (bicyclic) bond motifs is 4. The third-order valence-electron chi connectivity index (χ3n) is 6.29. The average molecular weight is 373 g/mol. The molecule has 7 heteroatoms. The number of carbonyl (C=O) groups is 1. The Labute approximate surface area is 162 Å². The van der Waals surface area contributed by atoms with Crippen LogP contribution in [0.1, 0.15) is 36.7 Å². The maximum atomic E-state index is 12.9. The standard InChI is InChI=1S/C20H32N6O/c1-3-6-25-13-16-4-5-17(25)15-26(14-16)19-12-21-11-18(22-19)20(27)24-9-7-23(2)8-10-24/h11-12,16-17H,3-10,13-15H2,1-2H3/t16-,17-/m1/s1. The molecule has 0 spiro atoms. The SMILES string of the molecule is CCCN1C[C@H]2CC[C@@H]1CN(c1cncc(C(=O)N3CCN(C)CC3)n1)C2. The molecular weight excluding hydrogens is 340 g/mol. The number of carbonyl (C=O) groups excluding carboxylic acids is 1. The molecule has 0 saturated carbocycles. The van der Waals surface area contributed by atoms with Crippen molar-refractivity contribution < 1.29 is 4.79 Å². The van der Waals surface area contributed by atoms with Crippen LogP contribution >= 0.6 is 0 Å². The molecule has 0 aromatic carbocycles. The maximum Gasteiger partial charge on any atom is 0.274 e. The van der Waals surface area contributed by atoms with Gasteiger partial charge in [-0.25, -0.2) is 4.98 Å². The zero-order chi connectivity index (χ0) is 18.8. The predicted octanol–water partition coefficient (Wildman–Crippen LogP) is 1.17. The molecule has 2 bridgehead atoms. The zero-order valence-electron chi connectivity index (χ0n) is 16.7. The zero-order valence-corrected chi connectivity index (χ0v) is 16.7. The average Bonchev–Trinajstić information content (AvgIpc) is 3.00. The molecule has 0 unspecified atom stereocenters. The minimum Gasteiger partial charge on any atom is -0.353 e. The van der Waals surface area contributed by atoms with Gasteiger partial charge in [0.25, 0.3) is 5.91 Å². The Morgan fingerprint density at radius 2 is 1.93 bits per heavy atom. The second kappa shape index (κ2) is 8.10. The Hall–Kier alpha value is -1.73. The van der Waals surface area contributed by atoms with Gasteiger partial charge in [-0.05, 0) is 38.8 Å². The van der Waals surface area contributed by atoms with E-state index < -0.39 is 0 Å². The molecule has 1 aromatic rings. The topological polar surface area (TPSA) is 55.8 Å². The summed E-state index contributed by atoms with van der Waals surface area (Å²) in [6, 6.07) is 0.600. The summed E-state index contributed by atoms with van der Waals surface area (Å²) < 4.78 is 0. The molecule has 4 aliphatic heterocycles. The predicted molar refractivity (Wildman–Crippen MR) is 106 cm³/mol. The van der Waals surface area contributed by atoms with Gasteiger partial charge in [-0.2, -0.15) is 0 Å². The number of aromatic nitrogens is 2. The van der Waals surface area contributed by atoms with Crippen LogP contribution in [0.5, 0.6) is 0 Å². The molecule has 4 fully saturated rings. The number of anilines is 1. The van der Waals surface area contributed by atoms with Crippen molar-refractivity contribution in [1.82, 2.24) is 24.7 Å². The van der Waals surface area contributed by atoms with Crippen LogP contribution in [0.4, 0.5) is 5.82 Å². The van der Waals surface area contributed by atoms with Crippen LogP contribution < -0.4 is 4.90 Å². The van der Waals surface area contributed by atoms with E-state index >= 15 is 0 Å². The number of piperazine rings is 1. The van der Waals surface area contributed by atoms with Gasteiger partial charge in [-0.3, -0.25) is 14.7 Å². The molecule has 1 amide bonds. The van der Waals surface area contributed by atoms with Gasteiger partial charge in [0, 0.05) is 51.9 Å². The summed E-state index contributed by atoms with van der Waals surface area (Å²) in [6.07, 6.45) is 7.23. The molecule has 27 heavy (non-hydrogen) atoms. The van der Waals surface area contributed by atoms with Crippen LogP contribution in [0.2, 0.25) is 0 Å². The fourth-order valence-corrected chi connectivity index (χ4v) is 4.71. The van der Waals surface area contributed by atoms with Crippen LogP contribution in [0.15, 0.2) is 12.4 Å². The smallest absolute Gasteiger partial charge is 0.274 e. The van der Waals surface area contributed by atoms with Crippen molar-refractivity contribution in [3.05, 3.63) is 18.1 Å². The number of rotatable bonds is 4. The highest BCUT2D eigenvalue weighted by atomic mass is 16.2. The van der Waals surface area contributed by atoms with Crippen LogP contribution in [0.3, 0.4) is 0 Å². The van der Waals surface area contributed by atoms with E-state index in [1.807, 2.05) is 11.1 Å². The molecule has 0 radical (unpaired) electrons. The molecule has 0 aliphatic carbocycles. The lowest BCUT2D eigenvalue weighted by molar-refractivity contribution is 0.0658. The summed E-state index contributed by atoms with van der Waals surface area (Å²) in [5.41, 5.74) is 0.485. The highest BCUT2D eigenvalue weighted by Crippen LogP contribution is 2.30. The Bertz CT molecular complexity index is 660. The summed E-state index contributed by atoms with van der Waals surface area (Å²) in [4.78, 5) is 31.2. The van der Waals surface area contributed by atoms with E-state index in [1.165, 1.54) is 32.4 Å². The van der Waals surface area contributed by atoms with Crippen molar-refractivity contribution in [2.75, 3.05) is 64.3 Å². The van der Waals surface area contributed by atoms with Crippen molar-refractivity contribution in [2.45, 2.75) is 32.2 Å². The fourth-order valence-electron chi connectivity index (χ4n) is 4.71. The molecule has 1 aromatic heterocycles. The second-order valence-electron chi connectivity index (χ2n) is 8.36. The third-order valence-corrected chi connectivity index (χ3v) is 6.29. The van der Waals surface area contributed by atoms with Crippen LogP contribution in [0.25, 0.3) is 0 Å². The Morgan fingerprint density at radius 3 is 2.70 bits per heavy atom. The number of amides is 1. The third kappa shape index (κ3) is 4.09. The largest absolute Gasteiger partial charge is 0.353 e. The minimum absolute atomic E-state index is 0.0165. The molecule has 7 nitrogen and oxygen atoms in total. The summed E-state index contributed by atoms with van der Waals surface area (Å²) in [5.74, 6) is 1.57. The minimum atomic E-state index is 0.0165. The summed E-state index contributed by atoms with van der Waals surface area (Å²) in [7, 11) is 2.09. The van der Waals surface area contributed by atoms with E-state index in [0.29, 0.717) is 17.7 Å². The van der Waals surface area contributed by atoms with E-state index in [9.17, 15) is 4.79 Å². The van der Waals surface area contributed by atoms with Gasteiger partial charge >= 0.3 is 0 Å². The molecule has 0 N–H and O–H groups in total. The summed E-state index contributed by atoms with van der Waals surface area (Å²) >= 11 is 0. The van der Waals surface area contributed by atoms with Gasteiger partial charge in [-0.15, -0.1) is 0 Å². The monoisotopic (exact) mass is 372 g/mol. The van der Waals surface area contributed by atoms with Crippen molar-refractivity contribution in [1.29, 1.82) is 0 Å². The molecular formula is C20H32N6O. The van der Waals surface area contributed by atoms with E-state index in [0.717, 1.165) is 45.1 Å². The first kappa shape index (κ1) is 18.6. The highest BCUT2D eigenvalue weighted by Gasteiger charge is 2.35. The molecule has 4 aliphatic rings. The summed E-state index contributed by atoms with van der Waals surface area (Å²) in [6.45, 7) is 10.0. The van der Waals surface area contributed by atoms with Crippen LogP contribution in [0, 0.1) is 5.92 Å². The van der Waals surface area contributed by atoms with Gasteiger partial charge in [0.05, 0.1) is 12.4 Å². The highest BCUT2D eigenvalue weighted by molar-refractivity contribution is 5.92. The molecule has 148 valence electrons. The summed E-state index contributed by atoms with van der Waals surface area (Å²) in [5, 5.41) is 0. The van der Waals surface area contributed by atoms with E-state index in [2.05, 4.69) is 33.7 Å². The Kier molecular flexibility index (Phi) is 5.59. The second-order valence-corrected chi connectivity index (χ2v) is 8.36. The maximum absolute atomic E-state index is 12.9. The first-order chi connectivity index (χ1) is 13.1. The van der Waals surface area contributed by atoms with E-state index in [4.69, 9.17) is 4.98 Å². The van der Waals surface area contributed by atoms with Gasteiger partial charge in [0.15, 0.2) is 0 Å². The molecule has 5 rings (SSSR count). The number of piperidine rings is 1. The van der Waals surface area contributed by atoms with Crippen LogP contribution in [-0.2, 0) is 0 Å². The van der Waals surface area contributed by atoms with Crippen molar-refractivity contribution in [3.8, 4) is 0 Å². The Balaban J connectivity index is 1.48. The number of likely N-dealkylation sites (N-methyl/N-ethyl adjacent to an activating group) is 1. The lowest BCUT2D eigenvalue weighted by atomic mass is 9.95. The van der Waals surface area contributed by atoms with Gasteiger partial charge in [-0.1, -0.05) is 6.92 Å². The fraction of sp³-hybridized carbons (Fsp3) is 0.750. The molecule has 5 heterocycles. The molecule has 4 saturated heterocycles. The van der Waals surface area contributed by atoms with Crippen molar-refractivity contribution >= 4 is 11.7 Å². The number of nitrogens with zero attached hydrogens (tertiary/aromatic N) is 6. The first-order valence-electron chi connectivity index (χ1n) is 10.4. The lowest BCUT2D eigenvalue weighted by Crippen LogP contribution is -2.47. The normalized spacial score (nSPS) is 27.0.